The SMILES string of the molecule is CC(C)CC(NCc1cc(Cl)ccc1O)C(=O)N(C)C. The van der Waals surface area contributed by atoms with Gasteiger partial charge in [-0.2, -0.15) is 0 Å². The van der Waals surface area contributed by atoms with E-state index in [4.69, 9.17) is 11.6 Å². The van der Waals surface area contributed by atoms with Gasteiger partial charge in [0.2, 0.25) is 5.91 Å². The highest BCUT2D eigenvalue weighted by Crippen LogP contribution is 2.21. The van der Waals surface area contributed by atoms with Gasteiger partial charge in [0, 0.05) is 31.2 Å². The first-order valence-corrected chi connectivity index (χ1v) is 7.11. The molecular formula is C15H23ClN2O2. The summed E-state index contributed by atoms with van der Waals surface area (Å²) < 4.78 is 0. The van der Waals surface area contributed by atoms with Crippen molar-refractivity contribution in [1.29, 1.82) is 0 Å². The summed E-state index contributed by atoms with van der Waals surface area (Å²) in [5.74, 6) is 0.632. The minimum atomic E-state index is -0.261. The lowest BCUT2D eigenvalue weighted by molar-refractivity contribution is -0.131. The van der Waals surface area contributed by atoms with Crippen molar-refractivity contribution in [2.24, 2.45) is 5.92 Å². The lowest BCUT2D eigenvalue weighted by atomic mass is 10.0. The van der Waals surface area contributed by atoms with Gasteiger partial charge in [-0.25, -0.2) is 0 Å². The minimum Gasteiger partial charge on any atom is -0.508 e. The monoisotopic (exact) mass is 298 g/mol. The first kappa shape index (κ1) is 16.8. The van der Waals surface area contributed by atoms with Crippen LogP contribution in [0.15, 0.2) is 18.2 Å². The summed E-state index contributed by atoms with van der Waals surface area (Å²) in [6.07, 6.45) is 0.748. The molecule has 1 aromatic carbocycles. The predicted molar refractivity (Wildman–Crippen MR) is 81.9 cm³/mol. The highest BCUT2D eigenvalue weighted by atomic mass is 35.5. The van der Waals surface area contributed by atoms with E-state index < -0.39 is 0 Å². The van der Waals surface area contributed by atoms with Crippen molar-refractivity contribution < 1.29 is 9.90 Å². The second kappa shape index (κ2) is 7.50. The van der Waals surface area contributed by atoms with Crippen LogP contribution < -0.4 is 5.32 Å². The molecule has 0 fully saturated rings. The largest absolute Gasteiger partial charge is 0.508 e. The van der Waals surface area contributed by atoms with Crippen LogP contribution in [0.5, 0.6) is 5.75 Å². The standard InChI is InChI=1S/C15H23ClN2O2/c1-10(2)7-13(15(20)18(3)4)17-9-11-8-12(16)5-6-14(11)19/h5-6,8,10,13,17,19H,7,9H2,1-4H3. The number of amides is 1. The van der Waals surface area contributed by atoms with Crippen LogP contribution in [-0.4, -0.2) is 36.1 Å². The summed E-state index contributed by atoms with van der Waals surface area (Å²) in [5.41, 5.74) is 0.692. The molecule has 0 radical (unpaired) electrons. The zero-order valence-electron chi connectivity index (χ0n) is 12.5. The molecule has 0 saturated heterocycles. The van der Waals surface area contributed by atoms with Gasteiger partial charge in [0.15, 0.2) is 0 Å². The Kier molecular flexibility index (Phi) is 6.30. The fourth-order valence-corrected chi connectivity index (χ4v) is 2.18. The summed E-state index contributed by atoms with van der Waals surface area (Å²) in [7, 11) is 3.49. The van der Waals surface area contributed by atoms with E-state index in [1.54, 1.807) is 37.2 Å². The average molecular weight is 299 g/mol. The molecule has 4 nitrogen and oxygen atoms in total. The van der Waals surface area contributed by atoms with E-state index in [1.807, 2.05) is 0 Å². The van der Waals surface area contributed by atoms with Gasteiger partial charge in [0.1, 0.15) is 5.75 Å². The van der Waals surface area contributed by atoms with Gasteiger partial charge in [-0.3, -0.25) is 4.79 Å². The molecule has 0 aromatic heterocycles. The molecule has 0 heterocycles. The van der Waals surface area contributed by atoms with E-state index in [-0.39, 0.29) is 17.7 Å². The van der Waals surface area contributed by atoms with Gasteiger partial charge in [-0.05, 0) is 30.5 Å². The normalized spacial score (nSPS) is 12.5. The van der Waals surface area contributed by atoms with E-state index in [2.05, 4.69) is 19.2 Å². The lowest BCUT2D eigenvalue weighted by Crippen LogP contribution is -2.44. The first-order valence-electron chi connectivity index (χ1n) is 6.73. The average Bonchev–Trinajstić information content (AvgIpc) is 2.36. The predicted octanol–water partition coefficient (Wildman–Crippen LogP) is 2.64. The fourth-order valence-electron chi connectivity index (χ4n) is 1.98. The number of phenolic OH excluding ortho intramolecular Hbond substituents is 1. The van der Waals surface area contributed by atoms with Crippen LogP contribution in [0.1, 0.15) is 25.8 Å². The van der Waals surface area contributed by atoms with Gasteiger partial charge < -0.3 is 15.3 Å². The summed E-state index contributed by atoms with van der Waals surface area (Å²) in [6, 6.07) is 4.64. The number of hydrogen-bond donors (Lipinski definition) is 2. The highest BCUT2D eigenvalue weighted by Gasteiger charge is 2.21. The lowest BCUT2D eigenvalue weighted by Gasteiger charge is -2.23. The smallest absolute Gasteiger partial charge is 0.239 e. The maximum absolute atomic E-state index is 12.1. The Labute approximate surface area is 125 Å². The number of aromatic hydroxyl groups is 1. The first-order chi connectivity index (χ1) is 9.31. The summed E-state index contributed by atoms with van der Waals surface area (Å²) in [5, 5.41) is 13.6. The number of nitrogens with zero attached hydrogens (tertiary/aromatic N) is 1. The number of carbonyl (C=O) groups is 1. The van der Waals surface area contributed by atoms with Gasteiger partial charge in [0.25, 0.3) is 0 Å². The number of phenols is 1. The van der Waals surface area contributed by atoms with Crippen LogP contribution in [0.4, 0.5) is 0 Å². The second-order valence-electron chi connectivity index (χ2n) is 5.57. The molecule has 2 N–H and O–H groups in total. The molecule has 5 heteroatoms. The molecule has 1 aromatic rings. The number of likely N-dealkylation sites (N-methyl/N-ethyl adjacent to an activating group) is 1. The van der Waals surface area contributed by atoms with E-state index in [1.165, 1.54) is 0 Å². The number of carbonyl (C=O) groups excluding carboxylic acids is 1. The molecular weight excluding hydrogens is 276 g/mol. The molecule has 1 amide bonds. The van der Waals surface area contributed by atoms with E-state index in [0.717, 1.165) is 6.42 Å². The fraction of sp³-hybridized carbons (Fsp3) is 0.533. The molecule has 0 aliphatic heterocycles. The molecule has 0 spiro atoms. The van der Waals surface area contributed by atoms with E-state index in [0.29, 0.717) is 23.0 Å². The molecule has 1 rings (SSSR count). The number of halogens is 1. The van der Waals surface area contributed by atoms with Gasteiger partial charge in [0.05, 0.1) is 6.04 Å². The Hall–Kier alpha value is -1.26. The van der Waals surface area contributed by atoms with E-state index in [9.17, 15) is 9.90 Å². The summed E-state index contributed by atoms with van der Waals surface area (Å²) in [6.45, 7) is 4.56. The van der Waals surface area contributed by atoms with Crippen molar-refractivity contribution in [3.63, 3.8) is 0 Å². The van der Waals surface area contributed by atoms with Gasteiger partial charge in [-0.1, -0.05) is 25.4 Å². The molecule has 0 aliphatic carbocycles. The van der Waals surface area contributed by atoms with Gasteiger partial charge in [-0.15, -0.1) is 0 Å². The Morgan fingerprint density at radius 2 is 2.05 bits per heavy atom. The van der Waals surface area contributed by atoms with Crippen LogP contribution in [0.25, 0.3) is 0 Å². The van der Waals surface area contributed by atoms with Crippen molar-refractivity contribution in [3.8, 4) is 5.75 Å². The third-order valence-corrected chi connectivity index (χ3v) is 3.26. The summed E-state index contributed by atoms with van der Waals surface area (Å²) in [4.78, 5) is 13.7. The van der Waals surface area contributed by atoms with Crippen LogP contribution in [0.3, 0.4) is 0 Å². The van der Waals surface area contributed by atoms with Crippen molar-refractivity contribution in [1.82, 2.24) is 10.2 Å². The number of rotatable bonds is 6. The topological polar surface area (TPSA) is 52.6 Å². The highest BCUT2D eigenvalue weighted by molar-refractivity contribution is 6.30. The minimum absolute atomic E-state index is 0.0419. The second-order valence-corrected chi connectivity index (χ2v) is 6.01. The third kappa shape index (κ3) is 5.02. The Balaban J connectivity index is 2.75. The molecule has 0 bridgehead atoms. The zero-order chi connectivity index (χ0) is 15.3. The summed E-state index contributed by atoms with van der Waals surface area (Å²) >= 11 is 5.92. The maximum Gasteiger partial charge on any atom is 0.239 e. The van der Waals surface area contributed by atoms with Crippen LogP contribution in [0, 0.1) is 5.92 Å². The maximum atomic E-state index is 12.1. The molecule has 0 aliphatic rings. The van der Waals surface area contributed by atoms with Crippen molar-refractivity contribution >= 4 is 17.5 Å². The Morgan fingerprint density at radius 1 is 1.40 bits per heavy atom. The third-order valence-electron chi connectivity index (χ3n) is 3.03. The number of nitrogens with one attached hydrogen (secondary N) is 1. The number of benzene rings is 1. The zero-order valence-corrected chi connectivity index (χ0v) is 13.2. The van der Waals surface area contributed by atoms with Gasteiger partial charge >= 0.3 is 0 Å². The molecule has 20 heavy (non-hydrogen) atoms. The molecule has 112 valence electrons. The molecule has 1 unspecified atom stereocenters. The molecule has 1 atom stereocenters. The Bertz CT molecular complexity index is 461. The van der Waals surface area contributed by atoms with Crippen molar-refractivity contribution in [2.75, 3.05) is 14.1 Å². The quantitative estimate of drug-likeness (QED) is 0.849. The van der Waals surface area contributed by atoms with Crippen molar-refractivity contribution in [3.05, 3.63) is 28.8 Å². The molecule has 0 saturated carbocycles. The van der Waals surface area contributed by atoms with Crippen LogP contribution in [-0.2, 0) is 11.3 Å². The van der Waals surface area contributed by atoms with Crippen molar-refractivity contribution in [2.45, 2.75) is 32.9 Å². The van der Waals surface area contributed by atoms with Crippen LogP contribution >= 0.6 is 11.6 Å². The number of hydrogen-bond acceptors (Lipinski definition) is 3. The van der Waals surface area contributed by atoms with E-state index >= 15 is 0 Å². The Morgan fingerprint density at radius 3 is 2.60 bits per heavy atom. The van der Waals surface area contributed by atoms with Crippen LogP contribution in [0.2, 0.25) is 5.02 Å².